The summed E-state index contributed by atoms with van der Waals surface area (Å²) in [5.41, 5.74) is 5.28. The van der Waals surface area contributed by atoms with Gasteiger partial charge < -0.3 is 5.32 Å². The molecular formula is C22H28N2O. The van der Waals surface area contributed by atoms with Gasteiger partial charge in [0.15, 0.2) is 0 Å². The first-order chi connectivity index (χ1) is 12.1. The molecule has 1 aliphatic heterocycles. The van der Waals surface area contributed by atoms with Gasteiger partial charge in [0, 0.05) is 26.6 Å². The van der Waals surface area contributed by atoms with Gasteiger partial charge in [-0.25, -0.2) is 0 Å². The second-order valence-corrected chi connectivity index (χ2v) is 7.20. The van der Waals surface area contributed by atoms with Gasteiger partial charge in [-0.05, 0) is 60.5 Å². The third-order valence-corrected chi connectivity index (χ3v) is 5.03. The van der Waals surface area contributed by atoms with E-state index in [-0.39, 0.29) is 5.91 Å². The van der Waals surface area contributed by atoms with Crippen molar-refractivity contribution in [1.82, 2.24) is 10.2 Å². The lowest BCUT2D eigenvalue weighted by atomic mass is 9.96. The lowest BCUT2D eigenvalue weighted by Crippen LogP contribution is -2.40. The average Bonchev–Trinajstić information content (AvgIpc) is 2.61. The number of carbonyl (C=O) groups is 1. The number of likely N-dealkylation sites (tertiary alicyclic amines) is 1. The summed E-state index contributed by atoms with van der Waals surface area (Å²) in [5, 5.41) is 2.97. The molecule has 25 heavy (non-hydrogen) atoms. The zero-order valence-corrected chi connectivity index (χ0v) is 15.3. The second-order valence-electron chi connectivity index (χ2n) is 7.20. The Morgan fingerprint density at radius 2 is 2.04 bits per heavy atom. The van der Waals surface area contributed by atoms with Gasteiger partial charge in [0.2, 0.25) is 5.91 Å². The molecule has 3 heteroatoms. The minimum atomic E-state index is 0.0723. The van der Waals surface area contributed by atoms with E-state index in [1.54, 1.807) is 6.92 Å². The van der Waals surface area contributed by atoms with Crippen molar-refractivity contribution >= 4 is 5.91 Å². The van der Waals surface area contributed by atoms with Crippen LogP contribution in [0.3, 0.4) is 0 Å². The fourth-order valence-electron chi connectivity index (χ4n) is 3.74. The number of nitrogens with zero attached hydrogens (tertiary/aromatic N) is 1. The summed E-state index contributed by atoms with van der Waals surface area (Å²) in [6, 6.07) is 17.5. The monoisotopic (exact) mass is 336 g/mol. The van der Waals surface area contributed by atoms with E-state index in [4.69, 9.17) is 0 Å². The fraction of sp³-hybridized carbons (Fsp3) is 0.409. The van der Waals surface area contributed by atoms with Crippen LogP contribution in [-0.2, 0) is 11.3 Å². The normalized spacial score (nSPS) is 18.1. The molecule has 1 atom stereocenters. The fourth-order valence-corrected chi connectivity index (χ4v) is 3.74. The Bertz CT molecular complexity index is 725. The Morgan fingerprint density at radius 3 is 2.84 bits per heavy atom. The maximum absolute atomic E-state index is 11.1. The average molecular weight is 336 g/mol. The molecule has 1 unspecified atom stereocenters. The molecule has 2 aromatic carbocycles. The summed E-state index contributed by atoms with van der Waals surface area (Å²) >= 11 is 0. The Balaban J connectivity index is 1.66. The third-order valence-electron chi connectivity index (χ3n) is 5.03. The summed E-state index contributed by atoms with van der Waals surface area (Å²) in [7, 11) is 0. The molecular weight excluding hydrogens is 308 g/mol. The molecule has 1 aliphatic rings. The minimum absolute atomic E-state index is 0.0723. The zero-order chi connectivity index (χ0) is 17.6. The SMILES string of the molecule is CC(=O)NCC1CCCN(Cc2cccc(-c3ccccc3C)c2)C1. The van der Waals surface area contributed by atoms with Crippen molar-refractivity contribution in [3.63, 3.8) is 0 Å². The van der Waals surface area contributed by atoms with Crippen LogP contribution in [0.15, 0.2) is 48.5 Å². The molecule has 0 bridgehead atoms. The Hall–Kier alpha value is -2.13. The Morgan fingerprint density at radius 1 is 1.20 bits per heavy atom. The van der Waals surface area contributed by atoms with Crippen molar-refractivity contribution in [3.8, 4) is 11.1 Å². The van der Waals surface area contributed by atoms with E-state index in [0.717, 1.165) is 26.2 Å². The highest BCUT2D eigenvalue weighted by Crippen LogP contribution is 2.25. The number of piperidine rings is 1. The molecule has 1 amide bonds. The molecule has 0 aliphatic carbocycles. The lowest BCUT2D eigenvalue weighted by Gasteiger charge is -2.32. The van der Waals surface area contributed by atoms with Crippen LogP contribution in [0.4, 0.5) is 0 Å². The van der Waals surface area contributed by atoms with Gasteiger partial charge >= 0.3 is 0 Å². The van der Waals surface area contributed by atoms with Crippen molar-refractivity contribution in [1.29, 1.82) is 0 Å². The highest BCUT2D eigenvalue weighted by molar-refractivity contribution is 5.72. The van der Waals surface area contributed by atoms with Crippen LogP contribution in [0.25, 0.3) is 11.1 Å². The van der Waals surface area contributed by atoms with Gasteiger partial charge in [0.25, 0.3) is 0 Å². The number of rotatable bonds is 5. The van der Waals surface area contributed by atoms with E-state index in [0.29, 0.717) is 5.92 Å². The number of benzene rings is 2. The van der Waals surface area contributed by atoms with Crippen LogP contribution in [-0.4, -0.2) is 30.4 Å². The van der Waals surface area contributed by atoms with Gasteiger partial charge in [0.05, 0.1) is 0 Å². The molecule has 1 N–H and O–H groups in total. The van der Waals surface area contributed by atoms with E-state index in [9.17, 15) is 4.79 Å². The lowest BCUT2D eigenvalue weighted by molar-refractivity contribution is -0.119. The molecule has 0 aromatic heterocycles. The van der Waals surface area contributed by atoms with Crippen LogP contribution in [0, 0.1) is 12.8 Å². The topological polar surface area (TPSA) is 32.3 Å². The molecule has 3 rings (SSSR count). The molecule has 132 valence electrons. The van der Waals surface area contributed by atoms with Gasteiger partial charge in [-0.2, -0.15) is 0 Å². The van der Waals surface area contributed by atoms with Gasteiger partial charge in [-0.3, -0.25) is 9.69 Å². The Labute approximate surface area is 151 Å². The highest BCUT2D eigenvalue weighted by Gasteiger charge is 2.20. The number of carbonyl (C=O) groups excluding carboxylic acids is 1. The predicted molar refractivity (Wildman–Crippen MR) is 103 cm³/mol. The number of aryl methyl sites for hydroxylation is 1. The largest absolute Gasteiger partial charge is 0.356 e. The van der Waals surface area contributed by atoms with E-state index in [2.05, 4.69) is 65.7 Å². The van der Waals surface area contributed by atoms with Crippen LogP contribution >= 0.6 is 0 Å². The van der Waals surface area contributed by atoms with Gasteiger partial charge in [0.1, 0.15) is 0 Å². The summed E-state index contributed by atoms with van der Waals surface area (Å²) in [6.45, 7) is 7.75. The number of amides is 1. The molecule has 2 aromatic rings. The quantitative estimate of drug-likeness (QED) is 0.895. The molecule has 1 saturated heterocycles. The van der Waals surface area contributed by atoms with Crippen LogP contribution in [0.1, 0.15) is 30.9 Å². The van der Waals surface area contributed by atoms with E-state index in [1.165, 1.54) is 35.1 Å². The smallest absolute Gasteiger partial charge is 0.216 e. The predicted octanol–water partition coefficient (Wildman–Crippen LogP) is 4.01. The molecule has 1 heterocycles. The minimum Gasteiger partial charge on any atom is -0.356 e. The van der Waals surface area contributed by atoms with Crippen LogP contribution in [0.5, 0.6) is 0 Å². The maximum atomic E-state index is 11.1. The van der Waals surface area contributed by atoms with Crippen LogP contribution < -0.4 is 5.32 Å². The Kier molecular flexibility index (Phi) is 5.87. The number of hydrogen-bond donors (Lipinski definition) is 1. The van der Waals surface area contributed by atoms with Crippen molar-refractivity contribution in [2.75, 3.05) is 19.6 Å². The van der Waals surface area contributed by atoms with Crippen molar-refractivity contribution < 1.29 is 4.79 Å². The standard InChI is InChI=1S/C22H28N2O/c1-17-7-3-4-11-22(17)21-10-5-8-19(13-21)15-24-12-6-9-20(16-24)14-23-18(2)25/h3-5,7-8,10-11,13,20H,6,9,12,14-16H2,1-2H3,(H,23,25). The number of nitrogens with one attached hydrogen (secondary N) is 1. The van der Waals surface area contributed by atoms with Crippen molar-refractivity contribution in [2.24, 2.45) is 5.92 Å². The summed E-state index contributed by atoms with van der Waals surface area (Å²) in [6.07, 6.45) is 2.42. The molecule has 0 radical (unpaired) electrons. The molecule has 3 nitrogen and oxygen atoms in total. The van der Waals surface area contributed by atoms with Crippen molar-refractivity contribution in [3.05, 3.63) is 59.7 Å². The van der Waals surface area contributed by atoms with Crippen LogP contribution in [0.2, 0.25) is 0 Å². The number of hydrogen-bond acceptors (Lipinski definition) is 2. The van der Waals surface area contributed by atoms with Gasteiger partial charge in [-0.1, -0.05) is 42.5 Å². The first kappa shape index (κ1) is 17.7. The van der Waals surface area contributed by atoms with E-state index in [1.807, 2.05) is 0 Å². The molecule has 0 spiro atoms. The van der Waals surface area contributed by atoms with Crippen molar-refractivity contribution in [2.45, 2.75) is 33.2 Å². The van der Waals surface area contributed by atoms with E-state index >= 15 is 0 Å². The second kappa shape index (κ2) is 8.30. The maximum Gasteiger partial charge on any atom is 0.216 e. The first-order valence-corrected chi connectivity index (χ1v) is 9.23. The molecule has 0 saturated carbocycles. The zero-order valence-electron chi connectivity index (χ0n) is 15.3. The summed E-state index contributed by atoms with van der Waals surface area (Å²) in [4.78, 5) is 13.7. The highest BCUT2D eigenvalue weighted by atomic mass is 16.1. The summed E-state index contributed by atoms with van der Waals surface area (Å²) < 4.78 is 0. The van der Waals surface area contributed by atoms with E-state index < -0.39 is 0 Å². The first-order valence-electron chi connectivity index (χ1n) is 9.23. The van der Waals surface area contributed by atoms with Gasteiger partial charge in [-0.15, -0.1) is 0 Å². The molecule has 1 fully saturated rings. The summed E-state index contributed by atoms with van der Waals surface area (Å²) in [5.74, 6) is 0.639. The third kappa shape index (κ3) is 4.93.